The molecule has 0 aliphatic rings. The van der Waals surface area contributed by atoms with E-state index in [0.717, 1.165) is 15.7 Å². The zero-order chi connectivity index (χ0) is 20.6. The predicted octanol–water partition coefficient (Wildman–Crippen LogP) is 5.53. The number of anilines is 1. The summed E-state index contributed by atoms with van der Waals surface area (Å²) in [6.45, 7) is 2.17. The summed E-state index contributed by atoms with van der Waals surface area (Å²) < 4.78 is 6.58. The molecule has 3 aromatic rings. The molecule has 150 valence electrons. The van der Waals surface area contributed by atoms with Crippen LogP contribution in [0.25, 0.3) is 0 Å². The molecule has 0 amide bonds. The molecule has 0 aromatic heterocycles. The number of esters is 1. The molecule has 3 rings (SSSR count). The molecule has 2 atom stereocenters. The monoisotopic (exact) mass is 493 g/mol. The Kier molecular flexibility index (Phi) is 8.02. The zero-order valence-corrected chi connectivity index (χ0v) is 19.1. The molecule has 0 heterocycles. The van der Waals surface area contributed by atoms with Crippen molar-refractivity contribution < 1.29 is 9.53 Å². The summed E-state index contributed by atoms with van der Waals surface area (Å²) in [5.74, 6) is -0.210. The van der Waals surface area contributed by atoms with Crippen molar-refractivity contribution in [2.45, 2.75) is 17.8 Å². The molecule has 0 aliphatic heterocycles. The van der Waals surface area contributed by atoms with Crippen molar-refractivity contribution in [1.82, 2.24) is 0 Å². The molecule has 6 heteroatoms. The first kappa shape index (κ1) is 21.7. The normalized spacial score (nSPS) is 12.8. The molecular weight excluding hydrogens is 472 g/mol. The number of benzene rings is 3. The van der Waals surface area contributed by atoms with E-state index >= 15 is 0 Å². The predicted molar refractivity (Wildman–Crippen MR) is 121 cm³/mol. The van der Waals surface area contributed by atoms with E-state index in [1.165, 1.54) is 0 Å². The van der Waals surface area contributed by atoms with E-state index in [1.54, 1.807) is 0 Å². The van der Waals surface area contributed by atoms with Crippen molar-refractivity contribution in [2.75, 3.05) is 11.9 Å². The minimum absolute atomic E-state index is 0.142. The first-order valence-corrected chi connectivity index (χ1v) is 11.8. The van der Waals surface area contributed by atoms with Crippen molar-refractivity contribution >= 4 is 54.3 Å². The first-order valence-electron chi connectivity index (χ1n) is 9.22. The van der Waals surface area contributed by atoms with Crippen molar-refractivity contribution in [3.8, 4) is 0 Å². The summed E-state index contributed by atoms with van der Waals surface area (Å²) in [6.07, 6.45) is 0. The fourth-order valence-corrected chi connectivity index (χ4v) is 5.48. The summed E-state index contributed by atoms with van der Waals surface area (Å²) in [6, 6.07) is 24.8. The van der Waals surface area contributed by atoms with E-state index in [1.807, 2.05) is 85.8 Å². The van der Waals surface area contributed by atoms with Crippen LogP contribution in [0.3, 0.4) is 0 Å². The minimum atomic E-state index is -0.360. The fraction of sp³-hybridized carbons (Fsp3) is 0.174. The second-order valence-electron chi connectivity index (χ2n) is 6.28. The second kappa shape index (κ2) is 10.7. The average Bonchev–Trinajstić information content (AvgIpc) is 2.73. The summed E-state index contributed by atoms with van der Waals surface area (Å²) in [7, 11) is 0. The molecule has 0 radical (unpaired) electrons. The molecule has 0 unspecified atom stereocenters. The Hall–Kier alpha value is -1.97. The fourth-order valence-electron chi connectivity index (χ4n) is 2.85. The third-order valence-electron chi connectivity index (χ3n) is 4.22. The third kappa shape index (κ3) is 6.25. The van der Waals surface area contributed by atoms with Crippen molar-refractivity contribution in [3.63, 3.8) is 0 Å². The van der Waals surface area contributed by atoms with Crippen LogP contribution in [0, 0.1) is 0 Å². The Morgan fingerprint density at radius 2 is 1.52 bits per heavy atom. The van der Waals surface area contributed by atoms with E-state index in [9.17, 15) is 4.79 Å². The Morgan fingerprint density at radius 1 is 0.931 bits per heavy atom. The Bertz CT molecular complexity index is 918. The topological polar surface area (TPSA) is 38.3 Å². The van der Waals surface area contributed by atoms with Gasteiger partial charge in [0.25, 0.3) is 0 Å². The SMILES string of the molecule is CCOC(=O)[C@H]([Se]c1ccccc1)[C@@H](Nc1ccc(Cl)cc1)c1ccc(Cl)cc1. The van der Waals surface area contributed by atoms with Crippen LogP contribution in [0.15, 0.2) is 78.9 Å². The molecule has 3 aromatic carbocycles. The van der Waals surface area contributed by atoms with Crippen molar-refractivity contribution in [3.05, 3.63) is 94.5 Å². The van der Waals surface area contributed by atoms with Crippen molar-refractivity contribution in [2.24, 2.45) is 0 Å². The molecule has 0 saturated heterocycles. The van der Waals surface area contributed by atoms with E-state index in [0.29, 0.717) is 16.7 Å². The molecule has 0 aliphatic carbocycles. The molecule has 1 N–H and O–H groups in total. The first-order chi connectivity index (χ1) is 14.1. The van der Waals surface area contributed by atoms with Gasteiger partial charge >= 0.3 is 188 Å². The van der Waals surface area contributed by atoms with E-state index in [2.05, 4.69) is 5.32 Å². The number of hydrogen-bond acceptors (Lipinski definition) is 3. The Labute approximate surface area is 187 Å². The number of nitrogens with one attached hydrogen (secondary N) is 1. The molecule has 0 fully saturated rings. The number of carbonyl (C=O) groups is 1. The summed E-state index contributed by atoms with van der Waals surface area (Å²) in [4.78, 5) is 12.6. The number of ether oxygens (including phenoxy) is 1. The molecule has 29 heavy (non-hydrogen) atoms. The number of hydrogen-bond donors (Lipinski definition) is 1. The number of rotatable bonds is 8. The van der Waals surface area contributed by atoms with Crippen LogP contribution < -0.4 is 9.78 Å². The second-order valence-corrected chi connectivity index (χ2v) is 9.71. The molecule has 3 nitrogen and oxygen atoms in total. The van der Waals surface area contributed by atoms with Crippen LogP contribution in [-0.2, 0) is 9.53 Å². The zero-order valence-electron chi connectivity index (χ0n) is 15.8. The average molecular weight is 493 g/mol. The van der Waals surface area contributed by atoms with Crippen LogP contribution in [0.1, 0.15) is 18.5 Å². The van der Waals surface area contributed by atoms with Gasteiger partial charge in [-0.1, -0.05) is 0 Å². The Balaban J connectivity index is 1.99. The van der Waals surface area contributed by atoms with Gasteiger partial charge in [-0.2, -0.15) is 0 Å². The van der Waals surface area contributed by atoms with Crippen LogP contribution in [-0.4, -0.2) is 27.5 Å². The van der Waals surface area contributed by atoms with Gasteiger partial charge in [0.2, 0.25) is 0 Å². The Morgan fingerprint density at radius 3 is 2.10 bits per heavy atom. The molecule has 0 bridgehead atoms. The van der Waals surface area contributed by atoms with Gasteiger partial charge in [0, 0.05) is 0 Å². The van der Waals surface area contributed by atoms with Crippen LogP contribution in [0.4, 0.5) is 5.69 Å². The van der Waals surface area contributed by atoms with Gasteiger partial charge in [0.1, 0.15) is 0 Å². The van der Waals surface area contributed by atoms with Gasteiger partial charge in [-0.05, 0) is 0 Å². The van der Waals surface area contributed by atoms with E-state index < -0.39 is 0 Å². The quantitative estimate of drug-likeness (QED) is 0.332. The van der Waals surface area contributed by atoms with E-state index in [-0.39, 0.29) is 31.8 Å². The number of carbonyl (C=O) groups excluding carboxylic acids is 1. The van der Waals surface area contributed by atoms with E-state index in [4.69, 9.17) is 27.9 Å². The molecule has 0 spiro atoms. The maximum atomic E-state index is 13.0. The van der Waals surface area contributed by atoms with Gasteiger partial charge in [0.05, 0.1) is 0 Å². The summed E-state index contributed by atoms with van der Waals surface area (Å²) >= 11 is 12.0. The van der Waals surface area contributed by atoms with Crippen molar-refractivity contribution in [1.29, 1.82) is 0 Å². The summed E-state index contributed by atoms with van der Waals surface area (Å²) in [5, 5.41) is 4.83. The van der Waals surface area contributed by atoms with Gasteiger partial charge in [-0.3, -0.25) is 0 Å². The van der Waals surface area contributed by atoms with Gasteiger partial charge in [-0.15, -0.1) is 0 Å². The number of halogens is 2. The molecule has 0 saturated carbocycles. The maximum absolute atomic E-state index is 13.0. The molecular formula is C23H21Cl2NO2Se. The van der Waals surface area contributed by atoms with Crippen LogP contribution in [0.2, 0.25) is 14.9 Å². The third-order valence-corrected chi connectivity index (χ3v) is 7.38. The summed E-state index contributed by atoms with van der Waals surface area (Å²) in [5.41, 5.74) is 1.85. The standard InChI is InChI=1S/C23H21Cl2NO2Se/c1-2-28-23(27)22(29-20-6-4-3-5-7-20)21(16-8-10-17(24)11-9-16)26-19-14-12-18(25)13-15-19/h3-15,21-22,26H,2H2,1H3/t21-,22+/m0/s1. The van der Waals surface area contributed by atoms with Gasteiger partial charge < -0.3 is 0 Å². The van der Waals surface area contributed by atoms with Crippen LogP contribution in [0.5, 0.6) is 0 Å². The van der Waals surface area contributed by atoms with Crippen LogP contribution >= 0.6 is 23.2 Å². The van der Waals surface area contributed by atoms with Gasteiger partial charge in [-0.25, -0.2) is 0 Å². The van der Waals surface area contributed by atoms with Gasteiger partial charge in [0.15, 0.2) is 0 Å².